The number of likely N-dealkylation sites (tertiary alicyclic amines) is 1. The highest BCUT2D eigenvalue weighted by Crippen LogP contribution is 2.53. The standard InChI is InChI=1S/C27H39N3O2/c1-28-15-17-29(18-16-28)25(31)19-22-20-27(24-10-6-5-9-23(22)24)11-13-30(14-12-27)26(32)21-7-3-2-4-8-21/h5-6,9-10,21-22H,2-4,7-8,11-20H2,1H3. The molecule has 0 N–H and O–H groups in total. The minimum Gasteiger partial charge on any atom is -0.342 e. The molecular weight excluding hydrogens is 398 g/mol. The van der Waals surface area contributed by atoms with Crippen molar-refractivity contribution in [3.8, 4) is 0 Å². The number of piperidine rings is 1. The van der Waals surface area contributed by atoms with Crippen LogP contribution >= 0.6 is 0 Å². The second kappa shape index (κ2) is 9.17. The van der Waals surface area contributed by atoms with E-state index in [9.17, 15) is 9.59 Å². The molecule has 2 saturated heterocycles. The first-order valence-electron chi connectivity index (χ1n) is 12.9. The van der Waals surface area contributed by atoms with Gasteiger partial charge in [0.25, 0.3) is 0 Å². The average molecular weight is 438 g/mol. The molecule has 5 nitrogen and oxygen atoms in total. The fraction of sp³-hybridized carbons (Fsp3) is 0.704. The zero-order chi connectivity index (χ0) is 22.1. The van der Waals surface area contributed by atoms with Crippen LogP contribution in [0.2, 0.25) is 0 Å². The van der Waals surface area contributed by atoms with E-state index in [1.54, 1.807) is 0 Å². The van der Waals surface area contributed by atoms with Crippen molar-refractivity contribution in [3.63, 3.8) is 0 Å². The lowest BCUT2D eigenvalue weighted by atomic mass is 9.73. The lowest BCUT2D eigenvalue weighted by Gasteiger charge is -2.42. The van der Waals surface area contributed by atoms with E-state index < -0.39 is 0 Å². The second-order valence-electron chi connectivity index (χ2n) is 10.8. The van der Waals surface area contributed by atoms with E-state index in [-0.39, 0.29) is 11.3 Å². The summed E-state index contributed by atoms with van der Waals surface area (Å²) in [6.07, 6.45) is 9.67. The first-order valence-corrected chi connectivity index (χ1v) is 12.9. The topological polar surface area (TPSA) is 43.9 Å². The summed E-state index contributed by atoms with van der Waals surface area (Å²) in [7, 11) is 2.13. The Labute approximate surface area is 193 Å². The molecule has 2 amide bonds. The van der Waals surface area contributed by atoms with Gasteiger partial charge in [0.2, 0.25) is 11.8 Å². The van der Waals surface area contributed by atoms with Crippen LogP contribution in [0.5, 0.6) is 0 Å². The molecule has 1 aromatic carbocycles. The quantitative estimate of drug-likeness (QED) is 0.723. The van der Waals surface area contributed by atoms with Crippen molar-refractivity contribution in [1.29, 1.82) is 0 Å². The van der Waals surface area contributed by atoms with Crippen LogP contribution in [0.15, 0.2) is 24.3 Å². The first-order chi connectivity index (χ1) is 15.6. The Morgan fingerprint density at radius 1 is 0.906 bits per heavy atom. The zero-order valence-corrected chi connectivity index (χ0v) is 19.7. The average Bonchev–Trinajstić information content (AvgIpc) is 3.13. The summed E-state index contributed by atoms with van der Waals surface area (Å²) < 4.78 is 0. The first kappa shape index (κ1) is 21.9. The lowest BCUT2D eigenvalue weighted by Crippen LogP contribution is -2.47. The van der Waals surface area contributed by atoms with Crippen molar-refractivity contribution in [2.75, 3.05) is 46.3 Å². The van der Waals surface area contributed by atoms with Gasteiger partial charge < -0.3 is 14.7 Å². The van der Waals surface area contributed by atoms with E-state index in [0.29, 0.717) is 24.2 Å². The highest BCUT2D eigenvalue weighted by atomic mass is 16.2. The third-order valence-corrected chi connectivity index (χ3v) is 8.87. The number of hydrogen-bond acceptors (Lipinski definition) is 3. The summed E-state index contributed by atoms with van der Waals surface area (Å²) in [6.45, 7) is 5.41. The number of carbonyl (C=O) groups is 2. The Morgan fingerprint density at radius 3 is 2.31 bits per heavy atom. The summed E-state index contributed by atoms with van der Waals surface area (Å²) in [4.78, 5) is 32.7. The maximum atomic E-state index is 13.1. The molecule has 0 bridgehead atoms. The molecule has 2 aliphatic carbocycles. The largest absolute Gasteiger partial charge is 0.342 e. The molecule has 5 heteroatoms. The summed E-state index contributed by atoms with van der Waals surface area (Å²) in [5.41, 5.74) is 3.00. The van der Waals surface area contributed by atoms with Gasteiger partial charge in [0, 0.05) is 51.6 Å². The van der Waals surface area contributed by atoms with Crippen LogP contribution in [0.4, 0.5) is 0 Å². The molecule has 0 aromatic heterocycles. The van der Waals surface area contributed by atoms with Gasteiger partial charge in [-0.15, -0.1) is 0 Å². The molecule has 4 aliphatic rings. The summed E-state index contributed by atoms with van der Waals surface area (Å²) in [5, 5.41) is 0. The molecule has 0 radical (unpaired) electrons. The molecule has 2 aliphatic heterocycles. The van der Waals surface area contributed by atoms with Crippen molar-refractivity contribution in [3.05, 3.63) is 35.4 Å². The predicted octanol–water partition coefficient (Wildman–Crippen LogP) is 3.78. The SMILES string of the molecule is CN1CCN(C(=O)CC2CC3(CCN(C(=O)C4CCCCC4)CC3)c3ccccc32)CC1. The van der Waals surface area contributed by atoms with E-state index in [1.165, 1.54) is 30.4 Å². The maximum Gasteiger partial charge on any atom is 0.225 e. The number of carbonyl (C=O) groups excluding carboxylic acids is 2. The number of benzene rings is 1. The van der Waals surface area contributed by atoms with E-state index in [2.05, 4.69) is 46.0 Å². The highest BCUT2D eigenvalue weighted by Gasteiger charge is 2.46. The predicted molar refractivity (Wildman–Crippen MR) is 127 cm³/mol. The smallest absolute Gasteiger partial charge is 0.225 e. The Hall–Kier alpha value is -1.88. The van der Waals surface area contributed by atoms with Crippen LogP contribution in [0.3, 0.4) is 0 Å². The summed E-state index contributed by atoms with van der Waals surface area (Å²) >= 11 is 0. The van der Waals surface area contributed by atoms with Gasteiger partial charge in [-0.2, -0.15) is 0 Å². The summed E-state index contributed by atoms with van der Waals surface area (Å²) in [5.74, 6) is 1.31. The Morgan fingerprint density at radius 2 is 1.59 bits per heavy atom. The monoisotopic (exact) mass is 437 g/mol. The van der Waals surface area contributed by atoms with Gasteiger partial charge in [0.1, 0.15) is 0 Å². The Bertz CT molecular complexity index is 831. The molecule has 1 atom stereocenters. The number of rotatable bonds is 3. The number of piperazine rings is 1. The Balaban J connectivity index is 1.25. The molecule has 174 valence electrons. The van der Waals surface area contributed by atoms with E-state index >= 15 is 0 Å². The molecule has 2 heterocycles. The Kier molecular flexibility index (Phi) is 6.28. The van der Waals surface area contributed by atoms with Crippen molar-refractivity contribution in [2.45, 2.75) is 69.1 Å². The number of hydrogen-bond donors (Lipinski definition) is 0. The van der Waals surface area contributed by atoms with Crippen LogP contribution in [-0.4, -0.2) is 72.8 Å². The van der Waals surface area contributed by atoms with Crippen molar-refractivity contribution >= 4 is 11.8 Å². The molecule has 1 saturated carbocycles. The maximum absolute atomic E-state index is 13.1. The second-order valence-corrected chi connectivity index (χ2v) is 10.8. The number of amides is 2. The van der Waals surface area contributed by atoms with Crippen LogP contribution in [0, 0.1) is 5.92 Å². The van der Waals surface area contributed by atoms with Gasteiger partial charge in [0.15, 0.2) is 0 Å². The van der Waals surface area contributed by atoms with Crippen molar-refractivity contribution in [2.24, 2.45) is 5.92 Å². The van der Waals surface area contributed by atoms with Gasteiger partial charge in [-0.3, -0.25) is 9.59 Å². The molecule has 1 aromatic rings. The van der Waals surface area contributed by atoms with Crippen molar-refractivity contribution < 1.29 is 9.59 Å². The minimum atomic E-state index is 0.146. The van der Waals surface area contributed by atoms with E-state index in [0.717, 1.165) is 71.4 Å². The van der Waals surface area contributed by atoms with Crippen LogP contribution in [-0.2, 0) is 15.0 Å². The molecule has 1 unspecified atom stereocenters. The van der Waals surface area contributed by atoms with Crippen LogP contribution < -0.4 is 0 Å². The van der Waals surface area contributed by atoms with E-state index in [1.807, 2.05) is 0 Å². The van der Waals surface area contributed by atoms with Gasteiger partial charge >= 0.3 is 0 Å². The molecule has 5 rings (SSSR count). The molecule has 32 heavy (non-hydrogen) atoms. The lowest BCUT2D eigenvalue weighted by molar-refractivity contribution is -0.138. The van der Waals surface area contributed by atoms with E-state index in [4.69, 9.17) is 0 Å². The molecule has 3 fully saturated rings. The minimum absolute atomic E-state index is 0.146. The molecular formula is C27H39N3O2. The summed E-state index contributed by atoms with van der Waals surface area (Å²) in [6, 6.07) is 8.84. The number of nitrogens with zero attached hydrogens (tertiary/aromatic N) is 3. The third-order valence-electron chi connectivity index (χ3n) is 8.87. The van der Waals surface area contributed by atoms with Crippen LogP contribution in [0.1, 0.15) is 74.8 Å². The normalized spacial score (nSPS) is 26.3. The van der Waals surface area contributed by atoms with Gasteiger partial charge in [-0.05, 0) is 61.6 Å². The van der Waals surface area contributed by atoms with Crippen molar-refractivity contribution in [1.82, 2.24) is 14.7 Å². The number of likely N-dealkylation sites (N-methyl/N-ethyl adjacent to an activating group) is 1. The molecule has 1 spiro atoms. The fourth-order valence-electron chi connectivity index (χ4n) is 6.84. The highest BCUT2D eigenvalue weighted by molar-refractivity contribution is 5.79. The third kappa shape index (κ3) is 4.21. The van der Waals surface area contributed by atoms with Gasteiger partial charge in [0.05, 0.1) is 0 Å². The fourth-order valence-corrected chi connectivity index (χ4v) is 6.84. The van der Waals surface area contributed by atoms with Gasteiger partial charge in [-0.25, -0.2) is 0 Å². The zero-order valence-electron chi connectivity index (χ0n) is 19.7. The number of fused-ring (bicyclic) bond motifs is 2. The van der Waals surface area contributed by atoms with Crippen LogP contribution in [0.25, 0.3) is 0 Å². The van der Waals surface area contributed by atoms with Gasteiger partial charge in [-0.1, -0.05) is 43.5 Å².